The summed E-state index contributed by atoms with van der Waals surface area (Å²) in [5.74, 6) is 1.56. The Balaban J connectivity index is 1.43. The highest BCUT2D eigenvalue weighted by Crippen LogP contribution is 2.47. The van der Waals surface area contributed by atoms with Gasteiger partial charge in [-0.15, -0.1) is 11.3 Å². The molecule has 2 amide bonds. The molecule has 1 saturated carbocycles. The molecule has 9 heteroatoms. The number of rotatable bonds is 6. The fourth-order valence-corrected chi connectivity index (χ4v) is 7.06. The molecule has 2 aliphatic heterocycles. The molecule has 1 aromatic carbocycles. The molecule has 2 aromatic heterocycles. The van der Waals surface area contributed by atoms with Gasteiger partial charge in [0.1, 0.15) is 11.8 Å². The number of carbonyl (C=O) groups is 2. The maximum Gasteiger partial charge on any atom is 0.271 e. The second kappa shape index (κ2) is 11.2. The van der Waals surface area contributed by atoms with E-state index in [1.165, 1.54) is 0 Å². The van der Waals surface area contributed by atoms with Gasteiger partial charge in [0.25, 0.3) is 5.91 Å². The maximum absolute atomic E-state index is 14.3. The molecule has 8 nitrogen and oxygen atoms in total. The number of ether oxygens (including phenoxy) is 2. The molecule has 214 valence electrons. The second-order valence-electron chi connectivity index (χ2n) is 11.4. The Labute approximate surface area is 245 Å². The van der Waals surface area contributed by atoms with Crippen LogP contribution in [0.25, 0.3) is 21.7 Å². The minimum atomic E-state index is -0.140. The normalized spacial score (nSPS) is 16.9. The van der Waals surface area contributed by atoms with E-state index in [4.69, 9.17) is 9.47 Å². The van der Waals surface area contributed by atoms with E-state index in [1.807, 2.05) is 57.9 Å². The second-order valence-corrected chi connectivity index (χ2v) is 12.3. The third kappa shape index (κ3) is 4.88. The van der Waals surface area contributed by atoms with Crippen LogP contribution in [0.2, 0.25) is 0 Å². The van der Waals surface area contributed by atoms with Crippen molar-refractivity contribution >= 4 is 23.2 Å². The quantitative estimate of drug-likeness (QED) is 0.385. The average molecular weight is 573 g/mol. The Hall–Kier alpha value is -3.77. The summed E-state index contributed by atoms with van der Waals surface area (Å²) in [6.45, 7) is 6.77. The highest BCUT2D eigenvalue weighted by atomic mass is 32.1. The van der Waals surface area contributed by atoms with E-state index < -0.39 is 0 Å². The zero-order chi connectivity index (χ0) is 28.7. The van der Waals surface area contributed by atoms with Crippen LogP contribution in [-0.4, -0.2) is 65.6 Å². The van der Waals surface area contributed by atoms with Crippen LogP contribution in [0.15, 0.2) is 29.6 Å². The third-order valence-corrected chi connectivity index (χ3v) is 9.39. The summed E-state index contributed by atoms with van der Waals surface area (Å²) in [7, 11) is 1.64. The Morgan fingerprint density at radius 3 is 2.49 bits per heavy atom. The molecule has 2 fully saturated rings. The van der Waals surface area contributed by atoms with Crippen molar-refractivity contribution in [2.24, 2.45) is 5.92 Å². The lowest BCUT2D eigenvalue weighted by Crippen LogP contribution is -2.42. The van der Waals surface area contributed by atoms with Gasteiger partial charge in [0.2, 0.25) is 5.91 Å². The number of amides is 2. The van der Waals surface area contributed by atoms with Crippen LogP contribution in [0.3, 0.4) is 0 Å². The number of nitriles is 1. The molecule has 6 rings (SSSR count). The first-order valence-electron chi connectivity index (χ1n) is 14.6. The van der Waals surface area contributed by atoms with Crippen LogP contribution in [0.1, 0.15) is 61.1 Å². The van der Waals surface area contributed by atoms with Crippen LogP contribution in [0, 0.1) is 17.2 Å². The lowest BCUT2D eigenvalue weighted by atomic mass is 9.84. The molecule has 41 heavy (non-hydrogen) atoms. The van der Waals surface area contributed by atoms with Gasteiger partial charge in [-0.25, -0.2) is 0 Å². The molecule has 0 bridgehead atoms. The van der Waals surface area contributed by atoms with Crippen molar-refractivity contribution < 1.29 is 19.1 Å². The van der Waals surface area contributed by atoms with Gasteiger partial charge < -0.3 is 23.8 Å². The number of methoxy groups -OCH3 is 1. The predicted molar refractivity (Wildman–Crippen MR) is 158 cm³/mol. The van der Waals surface area contributed by atoms with Gasteiger partial charge in [-0.2, -0.15) is 5.26 Å². The van der Waals surface area contributed by atoms with Crippen molar-refractivity contribution in [2.75, 3.05) is 33.3 Å². The molecule has 0 unspecified atom stereocenters. The van der Waals surface area contributed by atoms with Gasteiger partial charge in [-0.3, -0.25) is 9.59 Å². The number of fused-ring (bicyclic) bond motifs is 3. The number of aryl methyl sites for hydroxylation is 1. The fraction of sp³-hybridized carbons (Fsp3) is 0.469. The van der Waals surface area contributed by atoms with Crippen LogP contribution >= 0.6 is 11.3 Å². The van der Waals surface area contributed by atoms with Crippen molar-refractivity contribution in [2.45, 2.75) is 58.6 Å². The van der Waals surface area contributed by atoms with E-state index >= 15 is 0 Å². The Morgan fingerprint density at radius 2 is 1.83 bits per heavy atom. The van der Waals surface area contributed by atoms with Gasteiger partial charge in [0.15, 0.2) is 11.5 Å². The Morgan fingerprint density at radius 1 is 1.05 bits per heavy atom. The average Bonchev–Trinajstić information content (AvgIpc) is 3.49. The summed E-state index contributed by atoms with van der Waals surface area (Å²) in [5.41, 5.74) is 4.58. The first-order chi connectivity index (χ1) is 19.9. The van der Waals surface area contributed by atoms with E-state index in [1.54, 1.807) is 18.4 Å². The maximum atomic E-state index is 14.3. The van der Waals surface area contributed by atoms with Gasteiger partial charge in [-0.1, -0.05) is 12.5 Å². The number of aromatic nitrogens is 1. The van der Waals surface area contributed by atoms with Crippen molar-refractivity contribution in [1.82, 2.24) is 14.4 Å². The van der Waals surface area contributed by atoms with Crippen LogP contribution in [0.5, 0.6) is 11.5 Å². The summed E-state index contributed by atoms with van der Waals surface area (Å²) in [5, 5.41) is 12.5. The lowest BCUT2D eigenvalue weighted by molar-refractivity contribution is -0.138. The van der Waals surface area contributed by atoms with E-state index in [9.17, 15) is 14.9 Å². The van der Waals surface area contributed by atoms with Gasteiger partial charge >= 0.3 is 0 Å². The minimum absolute atomic E-state index is 0.0420. The van der Waals surface area contributed by atoms with Gasteiger partial charge in [0.05, 0.1) is 24.5 Å². The van der Waals surface area contributed by atoms with Crippen molar-refractivity contribution in [3.8, 4) is 39.3 Å². The summed E-state index contributed by atoms with van der Waals surface area (Å²) in [6, 6.07) is 10.4. The van der Waals surface area contributed by atoms with Crippen LogP contribution in [-0.2, 0) is 17.8 Å². The summed E-state index contributed by atoms with van der Waals surface area (Å²) in [6.07, 6.45) is 4.47. The van der Waals surface area contributed by atoms with E-state index in [0.29, 0.717) is 61.9 Å². The van der Waals surface area contributed by atoms with Crippen LogP contribution in [0.4, 0.5) is 0 Å². The van der Waals surface area contributed by atoms with Gasteiger partial charge in [-0.05, 0) is 68.7 Å². The zero-order valence-electron chi connectivity index (χ0n) is 23.9. The first-order valence-corrected chi connectivity index (χ1v) is 15.5. The largest absolute Gasteiger partial charge is 0.493 e. The number of benzene rings is 1. The first kappa shape index (κ1) is 27.4. The number of carbonyl (C=O) groups excluding carboxylic acids is 2. The third-order valence-electron chi connectivity index (χ3n) is 8.51. The molecule has 0 N–H and O–H groups in total. The Kier molecular flexibility index (Phi) is 7.52. The number of nitrogens with zero attached hydrogens (tertiary/aromatic N) is 4. The fourth-order valence-electron chi connectivity index (χ4n) is 6.29. The smallest absolute Gasteiger partial charge is 0.271 e. The molecular formula is C32H36N4O4S. The van der Waals surface area contributed by atoms with E-state index in [-0.39, 0.29) is 23.8 Å². The Bertz CT molecular complexity index is 1510. The van der Waals surface area contributed by atoms with Crippen LogP contribution < -0.4 is 9.47 Å². The lowest BCUT2D eigenvalue weighted by Gasteiger charge is -2.31. The topological polar surface area (TPSA) is 87.8 Å². The molecular weight excluding hydrogens is 536 g/mol. The molecule has 4 heterocycles. The predicted octanol–water partition coefficient (Wildman–Crippen LogP) is 5.58. The SMILES string of the molecule is COc1cc2c(cc1OC(C)C)-c1c(-c3cccs3)c(C#N)c(C(=O)N3CCCN(C(=O)C4CCC4)CC3)n1CC2. The summed E-state index contributed by atoms with van der Waals surface area (Å²) < 4.78 is 13.8. The van der Waals surface area contributed by atoms with Crippen molar-refractivity contribution in [1.29, 1.82) is 5.26 Å². The number of hydrogen-bond donors (Lipinski definition) is 0. The van der Waals surface area contributed by atoms with E-state index in [2.05, 4.69) is 6.07 Å². The summed E-state index contributed by atoms with van der Waals surface area (Å²) in [4.78, 5) is 31.9. The summed E-state index contributed by atoms with van der Waals surface area (Å²) >= 11 is 1.56. The number of thiophene rings is 1. The van der Waals surface area contributed by atoms with Gasteiger partial charge in [0, 0.05) is 54.6 Å². The number of hydrogen-bond acceptors (Lipinski definition) is 6. The van der Waals surface area contributed by atoms with Crippen molar-refractivity contribution in [3.05, 3.63) is 46.5 Å². The van der Waals surface area contributed by atoms with E-state index in [0.717, 1.165) is 52.9 Å². The molecule has 0 spiro atoms. The minimum Gasteiger partial charge on any atom is -0.493 e. The molecule has 3 aliphatic rings. The molecule has 0 atom stereocenters. The highest BCUT2D eigenvalue weighted by molar-refractivity contribution is 7.13. The molecule has 1 aliphatic carbocycles. The standard InChI is InChI=1S/C32H36N4O4S/c1-20(2)40-26-18-23-22(17-25(26)39-3)10-13-36-29(23)28(27-9-5-16-41-27)24(19-33)30(36)32(38)35-12-6-11-34(14-15-35)31(37)21-7-4-8-21/h5,9,16-18,20-21H,4,6-8,10-15H2,1-3H3. The molecule has 0 radical (unpaired) electrons. The monoisotopic (exact) mass is 572 g/mol. The highest BCUT2D eigenvalue weighted by Gasteiger charge is 2.36. The molecule has 1 saturated heterocycles. The molecule has 3 aromatic rings. The van der Waals surface area contributed by atoms with Crippen molar-refractivity contribution in [3.63, 3.8) is 0 Å². The zero-order valence-corrected chi connectivity index (χ0v) is 24.8.